The molecule has 0 unspecified atom stereocenters. The molecule has 0 fully saturated rings. The number of imidazole rings is 1. The van der Waals surface area contributed by atoms with Crippen molar-refractivity contribution in [1.29, 1.82) is 0 Å². The highest BCUT2D eigenvalue weighted by Gasteiger charge is 2.36. The normalized spacial score (nSPS) is 12.7. The van der Waals surface area contributed by atoms with E-state index in [0.29, 0.717) is 6.42 Å². The molecule has 0 saturated carbocycles. The van der Waals surface area contributed by atoms with Gasteiger partial charge in [-0.25, -0.2) is 29.5 Å². The predicted octanol–water partition coefficient (Wildman–Crippen LogP) is 4.36. The number of hydrogen-bond donors (Lipinski definition) is 1. The van der Waals surface area contributed by atoms with Gasteiger partial charge < -0.3 is 14.0 Å². The van der Waals surface area contributed by atoms with Gasteiger partial charge in [-0.1, -0.05) is 13.3 Å². The minimum absolute atomic E-state index is 0.0410. The number of fused-ring (bicyclic) bond motifs is 1. The molecule has 0 aliphatic carbocycles. The smallest absolute Gasteiger partial charge is 0.414 e. The fraction of sp³-hybridized carbons (Fsp3) is 0.647. The number of rotatable bonds is 15. The molecule has 2 aromatic heterocycles. The Morgan fingerprint density at radius 1 is 1.03 bits per heavy atom. The van der Waals surface area contributed by atoms with Crippen LogP contribution < -0.4 is 5.32 Å². The number of halogens is 6. The van der Waals surface area contributed by atoms with Crippen LogP contribution in [0.25, 0.3) is 11.2 Å². The Labute approximate surface area is 204 Å². The van der Waals surface area contributed by atoms with E-state index in [1.165, 1.54) is 10.9 Å². The highest BCUT2D eigenvalue weighted by atomic mass is 31.2. The molecule has 2 rings (SSSR count). The average Bonchev–Trinajstić information content (AvgIpc) is 3.19. The van der Waals surface area contributed by atoms with Gasteiger partial charge in [-0.3, -0.25) is 9.88 Å². The second kappa shape index (κ2) is 13.8. The first kappa shape index (κ1) is 30.7. The Bertz CT molecular complexity index is 1030. The van der Waals surface area contributed by atoms with Crippen LogP contribution in [0.3, 0.4) is 0 Å². The van der Waals surface area contributed by atoms with Crippen LogP contribution in [0, 0.1) is 0 Å². The van der Waals surface area contributed by atoms with Crippen LogP contribution >= 0.6 is 7.60 Å². The zero-order chi connectivity index (χ0) is 27.5. The monoisotopic (exact) mass is 569 g/mol. The third-order valence-corrected chi connectivity index (χ3v) is 5.02. The maximum atomic E-state index is 12.4. The van der Waals surface area contributed by atoms with E-state index in [-0.39, 0.29) is 36.7 Å². The zero-order valence-electron chi connectivity index (χ0n) is 19.1. The molecule has 37 heavy (non-hydrogen) atoms. The van der Waals surface area contributed by atoms with Crippen molar-refractivity contribution in [2.24, 2.45) is 0 Å². The van der Waals surface area contributed by atoms with E-state index in [0.717, 1.165) is 12.7 Å². The van der Waals surface area contributed by atoms with Crippen LogP contribution in [0.2, 0.25) is 0 Å². The van der Waals surface area contributed by atoms with Gasteiger partial charge >= 0.3 is 26.0 Å². The molecule has 0 aliphatic rings. The number of amides is 1. The van der Waals surface area contributed by atoms with Gasteiger partial charge in [-0.2, -0.15) is 26.3 Å². The second-order valence-electron chi connectivity index (χ2n) is 7.00. The number of carbonyl (C=O) groups excluding carboxylic acids is 1. The second-order valence-corrected chi connectivity index (χ2v) is 8.78. The number of alkyl halides is 6. The standard InChI is InChI=1S/C17H22F6N5O8P/c1-2-3-5-32-15(29)27-13-12-14(25-9-24-13)28(10-26-12)4-6-31-11-37(30,35-33-7-16(18,19)20)36-34-8-17(21,22)23/h9-10H,2-8,11H2,1H3,(H,24,25,27,29). The van der Waals surface area contributed by atoms with E-state index in [1.54, 1.807) is 0 Å². The summed E-state index contributed by atoms with van der Waals surface area (Å²) >= 11 is 0. The number of aromatic nitrogens is 4. The minimum atomic E-state index is -4.89. The summed E-state index contributed by atoms with van der Waals surface area (Å²) < 4.78 is 105. The van der Waals surface area contributed by atoms with Crippen LogP contribution in [0.1, 0.15) is 19.8 Å². The molecule has 20 heteroatoms. The number of unbranched alkanes of at least 4 members (excludes halogenated alkanes) is 1. The van der Waals surface area contributed by atoms with Crippen molar-refractivity contribution < 1.29 is 64.3 Å². The molecule has 0 aliphatic heterocycles. The maximum Gasteiger partial charge on any atom is 0.414 e. The van der Waals surface area contributed by atoms with Crippen molar-refractivity contribution in [3.8, 4) is 0 Å². The van der Waals surface area contributed by atoms with Crippen molar-refractivity contribution in [3.05, 3.63) is 12.7 Å². The lowest BCUT2D eigenvalue weighted by Gasteiger charge is -2.17. The molecule has 2 aromatic rings. The SMILES string of the molecule is CCCCOC(=O)Nc1ncnc2c1ncn2CCOCP(=O)(OOCC(F)(F)F)OOCC(F)(F)F. The molecule has 2 heterocycles. The van der Waals surface area contributed by atoms with E-state index < -0.39 is 45.6 Å². The van der Waals surface area contributed by atoms with Gasteiger partial charge in [0.15, 0.2) is 36.5 Å². The van der Waals surface area contributed by atoms with Crippen LogP contribution in [0.15, 0.2) is 12.7 Å². The molecule has 0 aromatic carbocycles. The summed E-state index contributed by atoms with van der Waals surface area (Å²) in [7, 11) is -4.86. The lowest BCUT2D eigenvalue weighted by molar-refractivity contribution is -0.322. The van der Waals surface area contributed by atoms with E-state index in [2.05, 4.69) is 39.4 Å². The first-order valence-electron chi connectivity index (χ1n) is 10.3. The van der Waals surface area contributed by atoms with Gasteiger partial charge in [0, 0.05) is 6.54 Å². The molecule has 0 saturated heterocycles. The summed E-state index contributed by atoms with van der Waals surface area (Å²) in [6.07, 6.45) is -7.72. The van der Waals surface area contributed by atoms with E-state index in [4.69, 9.17) is 9.47 Å². The fourth-order valence-corrected chi connectivity index (χ4v) is 3.21. The number of hydrogen-bond acceptors (Lipinski definition) is 11. The Morgan fingerprint density at radius 3 is 2.27 bits per heavy atom. The number of nitrogens with one attached hydrogen (secondary N) is 1. The first-order valence-corrected chi connectivity index (χ1v) is 12.1. The van der Waals surface area contributed by atoms with Gasteiger partial charge in [-0.05, 0) is 6.42 Å². The molecule has 0 bridgehead atoms. The average molecular weight is 569 g/mol. The molecular weight excluding hydrogens is 547 g/mol. The Balaban J connectivity index is 1.94. The third kappa shape index (κ3) is 11.6. The summed E-state index contributed by atoms with van der Waals surface area (Å²) in [6, 6.07) is 0. The van der Waals surface area contributed by atoms with Crippen LogP contribution in [0.4, 0.5) is 37.0 Å². The molecule has 0 radical (unpaired) electrons. The molecule has 1 amide bonds. The predicted molar refractivity (Wildman–Crippen MR) is 110 cm³/mol. The molecule has 1 N–H and O–H groups in total. The highest BCUT2D eigenvalue weighted by Crippen LogP contribution is 2.49. The quantitative estimate of drug-likeness (QED) is 0.107. The number of carbonyl (C=O) groups is 1. The van der Waals surface area contributed by atoms with Gasteiger partial charge in [0.2, 0.25) is 0 Å². The topological polar surface area (TPSA) is 145 Å². The van der Waals surface area contributed by atoms with Crippen molar-refractivity contribution in [1.82, 2.24) is 19.5 Å². The van der Waals surface area contributed by atoms with Crippen molar-refractivity contribution in [3.63, 3.8) is 0 Å². The van der Waals surface area contributed by atoms with Gasteiger partial charge in [0.25, 0.3) is 0 Å². The first-order chi connectivity index (χ1) is 17.3. The summed E-state index contributed by atoms with van der Waals surface area (Å²) in [5.74, 6) is 0.0566. The van der Waals surface area contributed by atoms with Crippen molar-refractivity contribution in [2.75, 3.05) is 38.1 Å². The Hall–Kier alpha value is -2.57. The van der Waals surface area contributed by atoms with Crippen LogP contribution in [-0.2, 0) is 39.7 Å². The maximum absolute atomic E-state index is 12.4. The summed E-state index contributed by atoms with van der Waals surface area (Å²) in [5, 5.41) is 2.43. The van der Waals surface area contributed by atoms with Crippen LogP contribution in [-0.4, -0.2) is 70.7 Å². The summed E-state index contributed by atoms with van der Waals surface area (Å²) in [5.41, 5.74) is 0.425. The summed E-state index contributed by atoms with van der Waals surface area (Å²) in [4.78, 5) is 31.4. The van der Waals surface area contributed by atoms with Gasteiger partial charge in [0.05, 0.1) is 19.5 Å². The van der Waals surface area contributed by atoms with E-state index in [1.807, 2.05) is 6.92 Å². The van der Waals surface area contributed by atoms with E-state index in [9.17, 15) is 35.7 Å². The summed E-state index contributed by atoms with van der Waals surface area (Å²) in [6.45, 7) is -2.27. The molecule has 13 nitrogen and oxygen atoms in total. The molecule has 0 spiro atoms. The van der Waals surface area contributed by atoms with Crippen molar-refractivity contribution in [2.45, 2.75) is 38.7 Å². The Morgan fingerprint density at radius 2 is 1.68 bits per heavy atom. The molecule has 210 valence electrons. The van der Waals surface area contributed by atoms with Crippen LogP contribution in [0.5, 0.6) is 0 Å². The Kier molecular flexibility index (Phi) is 11.5. The fourth-order valence-electron chi connectivity index (χ4n) is 2.32. The third-order valence-electron chi connectivity index (χ3n) is 3.86. The number of nitrogens with zero attached hydrogens (tertiary/aromatic N) is 4. The minimum Gasteiger partial charge on any atom is -0.449 e. The highest BCUT2D eigenvalue weighted by molar-refractivity contribution is 7.53. The number of ether oxygens (including phenoxy) is 2. The molecular formula is C17H22F6N5O8P. The lowest BCUT2D eigenvalue weighted by Crippen LogP contribution is -2.19. The number of anilines is 1. The zero-order valence-corrected chi connectivity index (χ0v) is 20.0. The van der Waals surface area contributed by atoms with Gasteiger partial charge in [0.1, 0.15) is 6.33 Å². The largest absolute Gasteiger partial charge is 0.449 e. The lowest BCUT2D eigenvalue weighted by atomic mass is 10.4. The van der Waals surface area contributed by atoms with E-state index >= 15 is 0 Å². The molecule has 0 atom stereocenters. The van der Waals surface area contributed by atoms with Crippen molar-refractivity contribution >= 4 is 30.7 Å². The van der Waals surface area contributed by atoms with Gasteiger partial charge in [-0.15, -0.1) is 9.35 Å².